The first-order chi connectivity index (χ1) is 5.74. The van der Waals surface area contributed by atoms with Gasteiger partial charge >= 0.3 is 5.97 Å². The van der Waals surface area contributed by atoms with E-state index in [1.165, 1.54) is 7.11 Å². The lowest BCUT2D eigenvalue weighted by atomic mass is 9.99. The van der Waals surface area contributed by atoms with Crippen molar-refractivity contribution in [3.63, 3.8) is 0 Å². The zero-order valence-electron chi connectivity index (χ0n) is 7.29. The van der Waals surface area contributed by atoms with Crippen LogP contribution in [0, 0.1) is 5.92 Å². The SMILES string of the molecule is COC(=O)CC[C@H]1COC[C@H]1N. The van der Waals surface area contributed by atoms with Gasteiger partial charge in [-0.2, -0.15) is 0 Å². The Hall–Kier alpha value is -0.610. The van der Waals surface area contributed by atoms with E-state index in [9.17, 15) is 4.79 Å². The third-order valence-corrected chi connectivity index (χ3v) is 2.19. The van der Waals surface area contributed by atoms with E-state index < -0.39 is 0 Å². The maximum Gasteiger partial charge on any atom is 0.305 e. The highest BCUT2D eigenvalue weighted by Crippen LogP contribution is 2.17. The number of methoxy groups -OCH3 is 1. The first kappa shape index (κ1) is 9.48. The van der Waals surface area contributed by atoms with Gasteiger partial charge < -0.3 is 15.2 Å². The molecule has 70 valence electrons. The predicted octanol–water partition coefficient (Wildman–Crippen LogP) is -0.0867. The van der Waals surface area contributed by atoms with Gasteiger partial charge in [0.25, 0.3) is 0 Å². The summed E-state index contributed by atoms with van der Waals surface area (Å²) in [6.07, 6.45) is 1.21. The molecule has 2 N–H and O–H groups in total. The maximum absolute atomic E-state index is 10.8. The van der Waals surface area contributed by atoms with Crippen LogP contribution in [0.1, 0.15) is 12.8 Å². The molecule has 12 heavy (non-hydrogen) atoms. The van der Waals surface area contributed by atoms with Crippen molar-refractivity contribution in [1.29, 1.82) is 0 Å². The molecule has 1 aliphatic heterocycles. The smallest absolute Gasteiger partial charge is 0.305 e. The van der Waals surface area contributed by atoms with Crippen molar-refractivity contribution in [2.24, 2.45) is 11.7 Å². The Kier molecular flexibility index (Phi) is 3.49. The van der Waals surface area contributed by atoms with Gasteiger partial charge in [0.05, 0.1) is 20.3 Å². The summed E-state index contributed by atoms with van der Waals surface area (Å²) in [5.74, 6) is 0.151. The van der Waals surface area contributed by atoms with Gasteiger partial charge in [0, 0.05) is 18.4 Å². The van der Waals surface area contributed by atoms with E-state index in [4.69, 9.17) is 10.5 Å². The first-order valence-electron chi connectivity index (χ1n) is 4.14. The molecule has 1 fully saturated rings. The third-order valence-electron chi connectivity index (χ3n) is 2.19. The number of esters is 1. The lowest BCUT2D eigenvalue weighted by Gasteiger charge is -2.11. The van der Waals surface area contributed by atoms with Crippen LogP contribution in [0.4, 0.5) is 0 Å². The average molecular weight is 173 g/mol. The summed E-state index contributed by atoms with van der Waals surface area (Å²) in [5.41, 5.74) is 5.73. The fourth-order valence-corrected chi connectivity index (χ4v) is 1.32. The number of hydrogen-bond acceptors (Lipinski definition) is 4. The first-order valence-corrected chi connectivity index (χ1v) is 4.14. The molecule has 0 saturated carbocycles. The Bertz CT molecular complexity index is 160. The zero-order chi connectivity index (χ0) is 8.97. The molecule has 0 unspecified atom stereocenters. The lowest BCUT2D eigenvalue weighted by Crippen LogP contribution is -2.28. The van der Waals surface area contributed by atoms with Crippen LogP contribution in [-0.4, -0.2) is 32.3 Å². The van der Waals surface area contributed by atoms with Crippen molar-refractivity contribution in [2.45, 2.75) is 18.9 Å². The Morgan fingerprint density at radius 2 is 2.42 bits per heavy atom. The normalized spacial score (nSPS) is 28.8. The zero-order valence-corrected chi connectivity index (χ0v) is 7.29. The van der Waals surface area contributed by atoms with Gasteiger partial charge in [-0.1, -0.05) is 0 Å². The molecule has 0 aromatic rings. The van der Waals surface area contributed by atoms with Crippen molar-refractivity contribution >= 4 is 5.97 Å². The molecular formula is C8H15NO3. The Labute approximate surface area is 72.0 Å². The van der Waals surface area contributed by atoms with Crippen LogP contribution < -0.4 is 5.73 Å². The number of ether oxygens (including phenoxy) is 2. The van der Waals surface area contributed by atoms with Crippen LogP contribution in [0.2, 0.25) is 0 Å². The van der Waals surface area contributed by atoms with E-state index in [1.807, 2.05) is 0 Å². The number of carbonyl (C=O) groups excluding carboxylic acids is 1. The second-order valence-corrected chi connectivity index (χ2v) is 3.08. The van der Waals surface area contributed by atoms with Crippen LogP contribution in [0.3, 0.4) is 0 Å². The summed E-state index contributed by atoms with van der Waals surface area (Å²) in [6.45, 7) is 1.30. The molecule has 0 aliphatic carbocycles. The second kappa shape index (κ2) is 4.42. The monoisotopic (exact) mass is 173 g/mol. The fourth-order valence-electron chi connectivity index (χ4n) is 1.32. The molecule has 1 aliphatic rings. The summed E-state index contributed by atoms with van der Waals surface area (Å²) in [4.78, 5) is 10.8. The average Bonchev–Trinajstić information content (AvgIpc) is 2.47. The summed E-state index contributed by atoms with van der Waals surface area (Å²) in [7, 11) is 1.40. The molecular weight excluding hydrogens is 158 g/mol. The highest BCUT2D eigenvalue weighted by molar-refractivity contribution is 5.69. The van der Waals surface area contributed by atoms with E-state index in [0.717, 1.165) is 6.42 Å². The summed E-state index contributed by atoms with van der Waals surface area (Å²) in [6, 6.07) is 0.0923. The van der Waals surface area contributed by atoms with Gasteiger partial charge in [-0.15, -0.1) is 0 Å². The topological polar surface area (TPSA) is 61.5 Å². The van der Waals surface area contributed by atoms with Crippen LogP contribution >= 0.6 is 0 Å². The highest BCUT2D eigenvalue weighted by atomic mass is 16.5. The molecule has 2 atom stereocenters. The summed E-state index contributed by atoms with van der Waals surface area (Å²) < 4.78 is 9.68. The van der Waals surface area contributed by atoms with E-state index in [0.29, 0.717) is 25.6 Å². The van der Waals surface area contributed by atoms with Crippen molar-refractivity contribution in [1.82, 2.24) is 0 Å². The van der Waals surface area contributed by atoms with Crippen LogP contribution in [0.5, 0.6) is 0 Å². The van der Waals surface area contributed by atoms with Gasteiger partial charge in [0.1, 0.15) is 0 Å². The van der Waals surface area contributed by atoms with Gasteiger partial charge in [0.2, 0.25) is 0 Å². The number of rotatable bonds is 3. The fraction of sp³-hybridized carbons (Fsp3) is 0.875. The van der Waals surface area contributed by atoms with Crippen LogP contribution in [0.15, 0.2) is 0 Å². The maximum atomic E-state index is 10.8. The van der Waals surface area contributed by atoms with Crippen molar-refractivity contribution in [2.75, 3.05) is 20.3 Å². The quantitative estimate of drug-likeness (QED) is 0.606. The standard InChI is InChI=1S/C8H15NO3/c1-11-8(10)3-2-6-4-12-5-7(6)9/h6-7H,2-5,9H2,1H3/t6-,7+/m0/s1. The Balaban J connectivity index is 2.18. The van der Waals surface area contributed by atoms with Gasteiger partial charge in [-0.3, -0.25) is 4.79 Å². The highest BCUT2D eigenvalue weighted by Gasteiger charge is 2.25. The van der Waals surface area contributed by atoms with E-state index in [1.54, 1.807) is 0 Å². The van der Waals surface area contributed by atoms with Gasteiger partial charge in [0.15, 0.2) is 0 Å². The number of carbonyl (C=O) groups is 1. The molecule has 4 nitrogen and oxygen atoms in total. The van der Waals surface area contributed by atoms with Crippen molar-refractivity contribution < 1.29 is 14.3 Å². The molecule has 0 aromatic heterocycles. The minimum atomic E-state index is -0.172. The number of hydrogen-bond donors (Lipinski definition) is 1. The summed E-state index contributed by atoms with van der Waals surface area (Å²) >= 11 is 0. The predicted molar refractivity (Wildman–Crippen MR) is 43.5 cm³/mol. The van der Waals surface area contributed by atoms with Crippen molar-refractivity contribution in [3.8, 4) is 0 Å². The lowest BCUT2D eigenvalue weighted by molar-refractivity contribution is -0.140. The molecule has 0 spiro atoms. The van der Waals surface area contributed by atoms with Crippen molar-refractivity contribution in [3.05, 3.63) is 0 Å². The largest absolute Gasteiger partial charge is 0.469 e. The second-order valence-electron chi connectivity index (χ2n) is 3.08. The number of nitrogens with two attached hydrogens (primary N) is 1. The van der Waals surface area contributed by atoms with Gasteiger partial charge in [-0.05, 0) is 6.42 Å². The molecule has 1 saturated heterocycles. The van der Waals surface area contributed by atoms with Crippen LogP contribution in [-0.2, 0) is 14.3 Å². The Morgan fingerprint density at radius 1 is 1.67 bits per heavy atom. The van der Waals surface area contributed by atoms with Gasteiger partial charge in [-0.25, -0.2) is 0 Å². The minimum Gasteiger partial charge on any atom is -0.469 e. The minimum absolute atomic E-state index is 0.0923. The molecule has 0 amide bonds. The van der Waals surface area contributed by atoms with E-state index >= 15 is 0 Å². The third kappa shape index (κ3) is 2.46. The molecule has 4 heteroatoms. The Morgan fingerprint density at radius 3 is 2.92 bits per heavy atom. The molecule has 0 radical (unpaired) electrons. The molecule has 1 rings (SSSR count). The van der Waals surface area contributed by atoms with E-state index in [2.05, 4.69) is 4.74 Å². The molecule has 0 bridgehead atoms. The van der Waals surface area contributed by atoms with E-state index in [-0.39, 0.29) is 12.0 Å². The van der Waals surface area contributed by atoms with Crippen LogP contribution in [0.25, 0.3) is 0 Å². The summed E-state index contributed by atoms with van der Waals surface area (Å²) in [5, 5.41) is 0. The molecule has 1 heterocycles. The molecule has 0 aromatic carbocycles.